The van der Waals surface area contributed by atoms with Gasteiger partial charge in [-0.05, 0) is 26.0 Å². The molecule has 0 atom stereocenters. The van der Waals surface area contributed by atoms with E-state index in [1.807, 2.05) is 0 Å². The van der Waals surface area contributed by atoms with Gasteiger partial charge in [-0.3, -0.25) is 9.69 Å². The summed E-state index contributed by atoms with van der Waals surface area (Å²) in [7, 11) is 2.19. The number of amides is 1. The molecule has 1 saturated carbocycles. The number of nitrogens with zero attached hydrogens (tertiary/aromatic N) is 2. The third kappa shape index (κ3) is 3.83. The van der Waals surface area contributed by atoms with Crippen molar-refractivity contribution >= 4 is 5.91 Å². The Balaban J connectivity index is 2.05. The van der Waals surface area contributed by atoms with Gasteiger partial charge in [0.1, 0.15) is 0 Å². The van der Waals surface area contributed by atoms with Gasteiger partial charge in [0.15, 0.2) is 0 Å². The third-order valence-electron chi connectivity index (χ3n) is 4.99. The Morgan fingerprint density at radius 1 is 1.15 bits per heavy atom. The molecule has 1 saturated heterocycles. The lowest BCUT2D eigenvalue weighted by Gasteiger charge is -2.47. The number of carbonyl (C=O) groups excluding carboxylic acids is 1. The molecule has 114 valence electrons. The van der Waals surface area contributed by atoms with E-state index >= 15 is 0 Å². The molecule has 1 aliphatic heterocycles. The van der Waals surface area contributed by atoms with Gasteiger partial charge in [0, 0.05) is 38.3 Å². The average molecular weight is 279 g/mol. The molecule has 20 heavy (non-hydrogen) atoms. The van der Waals surface area contributed by atoms with Crippen molar-refractivity contribution in [3.8, 4) is 0 Å². The summed E-state index contributed by atoms with van der Waals surface area (Å²) >= 11 is 0. The van der Waals surface area contributed by atoms with Gasteiger partial charge in [-0.2, -0.15) is 0 Å². The zero-order valence-electron chi connectivity index (χ0n) is 12.9. The minimum Gasteiger partial charge on any atom is -0.351 e. The smallest absolute Gasteiger partial charge is 0.243 e. The number of carbonyl (C=O) groups is 1. The number of hydrogen-bond acceptors (Lipinski definition) is 3. The van der Waals surface area contributed by atoms with Crippen LogP contribution in [-0.4, -0.2) is 61.0 Å². The first-order valence-electron chi connectivity index (χ1n) is 8.00. The maximum atomic E-state index is 11.6. The van der Waals surface area contributed by atoms with Gasteiger partial charge in [0.05, 0.1) is 0 Å². The molecule has 0 spiro atoms. The van der Waals surface area contributed by atoms with Crippen molar-refractivity contribution in [2.75, 3.05) is 39.8 Å². The molecule has 2 rings (SSSR count). The Bertz CT molecular complexity index is 327. The Labute approximate surface area is 123 Å². The predicted molar refractivity (Wildman–Crippen MR) is 82.7 cm³/mol. The summed E-state index contributed by atoms with van der Waals surface area (Å²) in [6, 6.07) is 0. The number of rotatable bonds is 4. The van der Waals surface area contributed by atoms with E-state index in [9.17, 15) is 4.79 Å². The molecule has 0 unspecified atom stereocenters. The molecule has 1 N–H and O–H groups in total. The van der Waals surface area contributed by atoms with Gasteiger partial charge in [-0.1, -0.05) is 32.3 Å². The van der Waals surface area contributed by atoms with Gasteiger partial charge < -0.3 is 10.2 Å². The topological polar surface area (TPSA) is 35.6 Å². The molecule has 2 fully saturated rings. The average Bonchev–Trinajstić information content (AvgIpc) is 2.72. The molecule has 0 radical (unpaired) electrons. The first-order valence-corrected chi connectivity index (χ1v) is 8.00. The molecule has 0 aromatic heterocycles. The second-order valence-electron chi connectivity index (χ2n) is 6.35. The third-order valence-corrected chi connectivity index (χ3v) is 4.99. The zero-order valence-corrected chi connectivity index (χ0v) is 12.9. The van der Waals surface area contributed by atoms with E-state index in [-0.39, 0.29) is 11.4 Å². The maximum absolute atomic E-state index is 11.6. The highest BCUT2D eigenvalue weighted by Gasteiger charge is 2.38. The fourth-order valence-electron chi connectivity index (χ4n) is 3.60. The molecule has 4 nitrogen and oxygen atoms in total. The highest BCUT2D eigenvalue weighted by Crippen LogP contribution is 2.33. The molecule has 0 aromatic rings. The van der Waals surface area contributed by atoms with Gasteiger partial charge in [-0.25, -0.2) is 0 Å². The maximum Gasteiger partial charge on any atom is 0.243 e. The Morgan fingerprint density at radius 2 is 1.75 bits per heavy atom. The number of nitrogens with one attached hydrogen (secondary N) is 1. The summed E-state index contributed by atoms with van der Waals surface area (Å²) in [5.41, 5.74) is 0.177. The summed E-state index contributed by atoms with van der Waals surface area (Å²) in [6.45, 7) is 8.86. The largest absolute Gasteiger partial charge is 0.351 e. The van der Waals surface area contributed by atoms with Crippen LogP contribution in [0.4, 0.5) is 0 Å². The molecule has 0 bridgehead atoms. The van der Waals surface area contributed by atoms with Crippen molar-refractivity contribution in [3.63, 3.8) is 0 Å². The van der Waals surface area contributed by atoms with E-state index in [0.29, 0.717) is 0 Å². The summed E-state index contributed by atoms with van der Waals surface area (Å²) in [6.07, 6.45) is 9.07. The van der Waals surface area contributed by atoms with Crippen molar-refractivity contribution in [1.82, 2.24) is 15.1 Å². The number of piperazine rings is 1. The van der Waals surface area contributed by atoms with Crippen LogP contribution < -0.4 is 5.32 Å². The molecule has 1 aliphatic carbocycles. The van der Waals surface area contributed by atoms with Crippen molar-refractivity contribution < 1.29 is 4.79 Å². The molecule has 1 heterocycles. The van der Waals surface area contributed by atoms with Crippen LogP contribution in [0.5, 0.6) is 0 Å². The Kier molecular flexibility index (Phi) is 5.61. The van der Waals surface area contributed by atoms with Crippen molar-refractivity contribution in [3.05, 3.63) is 12.7 Å². The minimum atomic E-state index is -0.0391. The van der Waals surface area contributed by atoms with Crippen LogP contribution in [0.2, 0.25) is 0 Å². The quantitative estimate of drug-likeness (QED) is 0.627. The lowest BCUT2D eigenvalue weighted by atomic mass is 9.87. The van der Waals surface area contributed by atoms with E-state index < -0.39 is 0 Å². The zero-order chi connectivity index (χ0) is 14.4. The van der Waals surface area contributed by atoms with Gasteiger partial charge >= 0.3 is 0 Å². The van der Waals surface area contributed by atoms with Crippen molar-refractivity contribution in [2.45, 2.75) is 44.1 Å². The fraction of sp³-hybridized carbons (Fsp3) is 0.812. The van der Waals surface area contributed by atoms with Crippen molar-refractivity contribution in [2.24, 2.45) is 0 Å². The fourth-order valence-corrected chi connectivity index (χ4v) is 3.60. The summed E-state index contributed by atoms with van der Waals surface area (Å²) in [5, 5.41) is 3.07. The standard InChI is InChI=1S/C16H29N3O/c1-3-15(20)17-14-16(8-6-4-5-7-9-16)19-12-10-18(2)11-13-19/h3H,1,4-14H2,2H3,(H,17,20). The van der Waals surface area contributed by atoms with E-state index in [2.05, 4.69) is 28.7 Å². The van der Waals surface area contributed by atoms with Gasteiger partial charge in [0.25, 0.3) is 0 Å². The summed E-state index contributed by atoms with van der Waals surface area (Å²) in [4.78, 5) is 16.6. The molecule has 2 aliphatic rings. The monoisotopic (exact) mass is 279 g/mol. The molecule has 0 aromatic carbocycles. The highest BCUT2D eigenvalue weighted by molar-refractivity contribution is 5.86. The lowest BCUT2D eigenvalue weighted by molar-refractivity contribution is -0.117. The Morgan fingerprint density at radius 3 is 2.30 bits per heavy atom. The van der Waals surface area contributed by atoms with Gasteiger partial charge in [0.2, 0.25) is 5.91 Å². The van der Waals surface area contributed by atoms with Crippen LogP contribution in [0, 0.1) is 0 Å². The van der Waals surface area contributed by atoms with E-state index in [1.54, 1.807) is 0 Å². The van der Waals surface area contributed by atoms with Crippen LogP contribution in [0.25, 0.3) is 0 Å². The lowest BCUT2D eigenvalue weighted by Crippen LogP contribution is -2.60. The Hall–Kier alpha value is -0.870. The van der Waals surface area contributed by atoms with E-state index in [0.717, 1.165) is 32.7 Å². The second-order valence-corrected chi connectivity index (χ2v) is 6.35. The number of likely N-dealkylation sites (N-methyl/N-ethyl adjacent to an activating group) is 1. The van der Waals surface area contributed by atoms with Crippen LogP contribution in [0.1, 0.15) is 38.5 Å². The van der Waals surface area contributed by atoms with E-state index in [1.165, 1.54) is 44.6 Å². The first kappa shape index (κ1) is 15.5. The molecule has 4 heteroatoms. The molecular formula is C16H29N3O. The van der Waals surface area contributed by atoms with Gasteiger partial charge in [-0.15, -0.1) is 0 Å². The predicted octanol–water partition coefficient (Wildman–Crippen LogP) is 1.63. The van der Waals surface area contributed by atoms with Crippen LogP contribution in [0.3, 0.4) is 0 Å². The van der Waals surface area contributed by atoms with Crippen molar-refractivity contribution in [1.29, 1.82) is 0 Å². The molecule has 1 amide bonds. The molecular weight excluding hydrogens is 250 g/mol. The summed E-state index contributed by atoms with van der Waals surface area (Å²) in [5.74, 6) is -0.0391. The van der Waals surface area contributed by atoms with E-state index in [4.69, 9.17) is 0 Å². The van der Waals surface area contributed by atoms with Crippen LogP contribution in [0.15, 0.2) is 12.7 Å². The SMILES string of the molecule is C=CC(=O)NCC1(N2CCN(C)CC2)CCCCCC1. The second kappa shape index (κ2) is 7.23. The minimum absolute atomic E-state index is 0.0391. The van der Waals surface area contributed by atoms with Crippen LogP contribution in [-0.2, 0) is 4.79 Å². The highest BCUT2D eigenvalue weighted by atomic mass is 16.1. The normalized spacial score (nSPS) is 24.9. The van der Waals surface area contributed by atoms with Crippen LogP contribution >= 0.6 is 0 Å². The number of hydrogen-bond donors (Lipinski definition) is 1. The first-order chi connectivity index (χ1) is 9.66. The summed E-state index contributed by atoms with van der Waals surface area (Å²) < 4.78 is 0.